The van der Waals surface area contributed by atoms with Crippen molar-refractivity contribution in [1.29, 1.82) is 0 Å². The fourth-order valence-corrected chi connectivity index (χ4v) is 2.56. The van der Waals surface area contributed by atoms with Crippen LogP contribution in [0.2, 0.25) is 5.02 Å². The summed E-state index contributed by atoms with van der Waals surface area (Å²) in [5.74, 6) is 0.878. The van der Waals surface area contributed by atoms with Gasteiger partial charge in [0.2, 0.25) is 5.91 Å². The number of nitrogens with zero attached hydrogens (tertiary/aromatic N) is 1. The molecule has 4 nitrogen and oxygen atoms in total. The van der Waals surface area contributed by atoms with Gasteiger partial charge in [0.05, 0.1) is 13.2 Å². The minimum absolute atomic E-state index is 0. The van der Waals surface area contributed by atoms with E-state index < -0.39 is 0 Å². The van der Waals surface area contributed by atoms with Gasteiger partial charge in [-0.25, -0.2) is 0 Å². The number of carbonyl (C=O) groups is 1. The van der Waals surface area contributed by atoms with Crippen molar-refractivity contribution in [3.63, 3.8) is 0 Å². The van der Waals surface area contributed by atoms with E-state index in [2.05, 4.69) is 5.32 Å². The van der Waals surface area contributed by atoms with E-state index in [-0.39, 0.29) is 24.4 Å². The third kappa shape index (κ3) is 4.01. The van der Waals surface area contributed by atoms with Gasteiger partial charge in [0.1, 0.15) is 5.75 Å². The summed E-state index contributed by atoms with van der Waals surface area (Å²) in [6.45, 7) is 1.42. The van der Waals surface area contributed by atoms with Gasteiger partial charge in [-0.05, 0) is 37.6 Å². The molecule has 2 rings (SSSR count). The van der Waals surface area contributed by atoms with Gasteiger partial charge < -0.3 is 15.0 Å². The number of hydrogen-bond acceptors (Lipinski definition) is 3. The van der Waals surface area contributed by atoms with Crippen molar-refractivity contribution in [2.24, 2.45) is 0 Å². The summed E-state index contributed by atoms with van der Waals surface area (Å²) in [6.07, 6.45) is 1.97. The highest BCUT2D eigenvalue weighted by Crippen LogP contribution is 2.24. The molecule has 0 aromatic heterocycles. The molecule has 1 unspecified atom stereocenters. The van der Waals surface area contributed by atoms with Crippen LogP contribution in [-0.4, -0.2) is 37.6 Å². The second-order valence-corrected chi connectivity index (χ2v) is 5.24. The van der Waals surface area contributed by atoms with Gasteiger partial charge in [0.25, 0.3) is 0 Å². The molecule has 0 aliphatic carbocycles. The van der Waals surface area contributed by atoms with Crippen LogP contribution in [-0.2, 0) is 11.3 Å². The summed E-state index contributed by atoms with van der Waals surface area (Å²) in [7, 11) is 3.43. The Hall–Kier alpha value is -0.970. The molecule has 112 valence electrons. The minimum atomic E-state index is -0.0461. The van der Waals surface area contributed by atoms with Crippen molar-refractivity contribution in [2.45, 2.75) is 25.4 Å². The Morgan fingerprint density at radius 2 is 2.30 bits per heavy atom. The van der Waals surface area contributed by atoms with Gasteiger partial charge in [0, 0.05) is 24.2 Å². The van der Waals surface area contributed by atoms with Gasteiger partial charge in [-0.2, -0.15) is 0 Å². The Morgan fingerprint density at radius 1 is 1.55 bits per heavy atom. The van der Waals surface area contributed by atoms with Crippen LogP contribution in [0.5, 0.6) is 5.75 Å². The second kappa shape index (κ2) is 7.72. The zero-order valence-corrected chi connectivity index (χ0v) is 13.3. The number of hydrogen-bond donors (Lipinski definition) is 1. The third-order valence-corrected chi connectivity index (χ3v) is 3.62. The second-order valence-electron chi connectivity index (χ2n) is 4.80. The van der Waals surface area contributed by atoms with E-state index in [9.17, 15) is 4.79 Å². The zero-order chi connectivity index (χ0) is 13.8. The van der Waals surface area contributed by atoms with Gasteiger partial charge in [-0.1, -0.05) is 11.6 Å². The molecule has 0 bridgehead atoms. The molecule has 20 heavy (non-hydrogen) atoms. The third-order valence-electron chi connectivity index (χ3n) is 3.38. The standard InChI is InChI=1S/C14H19ClN2O2.ClH/c1-17(14(18)12-4-3-7-16-12)9-10-8-11(15)5-6-13(10)19-2;/h5-6,8,12,16H,3-4,7,9H2,1-2H3;1H. The molecule has 0 saturated carbocycles. The monoisotopic (exact) mass is 318 g/mol. The molecular formula is C14H20Cl2N2O2. The average molecular weight is 319 g/mol. The largest absolute Gasteiger partial charge is 0.496 e. The number of methoxy groups -OCH3 is 1. The Labute approximate surface area is 130 Å². The van der Waals surface area contributed by atoms with Crippen LogP contribution in [0.4, 0.5) is 0 Å². The highest BCUT2D eigenvalue weighted by molar-refractivity contribution is 6.30. The highest BCUT2D eigenvalue weighted by atomic mass is 35.5. The zero-order valence-electron chi connectivity index (χ0n) is 11.7. The lowest BCUT2D eigenvalue weighted by molar-refractivity contribution is -0.132. The van der Waals surface area contributed by atoms with Gasteiger partial charge >= 0.3 is 0 Å². The lowest BCUT2D eigenvalue weighted by Gasteiger charge is -2.22. The van der Waals surface area contributed by atoms with Crippen LogP contribution in [0.1, 0.15) is 18.4 Å². The lowest BCUT2D eigenvalue weighted by atomic mass is 10.1. The molecule has 1 N–H and O–H groups in total. The number of benzene rings is 1. The normalized spacial score (nSPS) is 17.4. The fourth-order valence-electron chi connectivity index (χ4n) is 2.37. The molecule has 0 spiro atoms. The van der Waals surface area contributed by atoms with Crippen molar-refractivity contribution in [3.05, 3.63) is 28.8 Å². The molecule has 1 aromatic carbocycles. The van der Waals surface area contributed by atoms with Gasteiger partial charge in [-0.3, -0.25) is 4.79 Å². The highest BCUT2D eigenvalue weighted by Gasteiger charge is 2.25. The lowest BCUT2D eigenvalue weighted by Crippen LogP contribution is -2.41. The van der Waals surface area contributed by atoms with Crippen molar-refractivity contribution in [1.82, 2.24) is 10.2 Å². The number of amides is 1. The molecule has 1 fully saturated rings. The molecule has 1 aliphatic rings. The summed E-state index contributed by atoms with van der Waals surface area (Å²) in [4.78, 5) is 13.9. The summed E-state index contributed by atoms with van der Waals surface area (Å²) in [5, 5.41) is 3.86. The molecular weight excluding hydrogens is 299 g/mol. The Kier molecular flexibility index (Phi) is 6.59. The first-order valence-corrected chi connectivity index (χ1v) is 6.80. The number of rotatable bonds is 4. The van der Waals surface area contributed by atoms with Crippen molar-refractivity contribution < 1.29 is 9.53 Å². The molecule has 1 aliphatic heterocycles. The first kappa shape index (κ1) is 17.1. The predicted molar refractivity (Wildman–Crippen MR) is 82.8 cm³/mol. The number of halogens is 2. The van der Waals surface area contributed by atoms with Crippen LogP contribution in [0.25, 0.3) is 0 Å². The Bertz CT molecular complexity index is 462. The van der Waals surface area contributed by atoms with E-state index in [1.54, 1.807) is 18.1 Å². The van der Waals surface area contributed by atoms with Crippen LogP contribution in [0.15, 0.2) is 18.2 Å². The van der Waals surface area contributed by atoms with Crippen molar-refractivity contribution in [3.8, 4) is 5.75 Å². The Morgan fingerprint density at radius 3 is 2.90 bits per heavy atom. The van der Waals surface area contributed by atoms with Crippen molar-refractivity contribution in [2.75, 3.05) is 20.7 Å². The molecule has 1 aromatic rings. The molecule has 0 radical (unpaired) electrons. The van der Waals surface area contributed by atoms with Crippen molar-refractivity contribution >= 4 is 29.9 Å². The van der Waals surface area contributed by atoms with E-state index in [0.717, 1.165) is 30.7 Å². The van der Waals surface area contributed by atoms with Gasteiger partial charge in [0.15, 0.2) is 0 Å². The van der Waals surface area contributed by atoms with E-state index in [1.807, 2.05) is 19.2 Å². The van der Waals surface area contributed by atoms with Crippen LogP contribution in [0, 0.1) is 0 Å². The smallest absolute Gasteiger partial charge is 0.239 e. The molecule has 1 saturated heterocycles. The average Bonchev–Trinajstić information content (AvgIpc) is 2.92. The summed E-state index contributed by atoms with van der Waals surface area (Å²) in [5.41, 5.74) is 0.920. The van der Waals surface area contributed by atoms with Crippen LogP contribution < -0.4 is 10.1 Å². The maximum atomic E-state index is 12.2. The topological polar surface area (TPSA) is 41.6 Å². The number of nitrogens with one attached hydrogen (secondary N) is 1. The maximum Gasteiger partial charge on any atom is 0.239 e. The maximum absolute atomic E-state index is 12.2. The number of carbonyl (C=O) groups excluding carboxylic acids is 1. The van der Waals surface area contributed by atoms with E-state index in [0.29, 0.717) is 11.6 Å². The predicted octanol–water partition coefficient (Wildman–Crippen LogP) is 2.48. The SMILES string of the molecule is COc1ccc(Cl)cc1CN(C)C(=O)C1CCCN1.Cl. The molecule has 1 heterocycles. The number of likely N-dealkylation sites (N-methyl/N-ethyl adjacent to an activating group) is 1. The van der Waals surface area contributed by atoms with E-state index in [4.69, 9.17) is 16.3 Å². The number of ether oxygens (including phenoxy) is 1. The van der Waals surface area contributed by atoms with Crippen LogP contribution >= 0.6 is 24.0 Å². The summed E-state index contributed by atoms with van der Waals surface area (Å²) in [6, 6.07) is 5.40. The van der Waals surface area contributed by atoms with E-state index in [1.165, 1.54) is 0 Å². The van der Waals surface area contributed by atoms with Gasteiger partial charge in [-0.15, -0.1) is 12.4 Å². The van der Waals surface area contributed by atoms with Crippen LogP contribution in [0.3, 0.4) is 0 Å². The minimum Gasteiger partial charge on any atom is -0.496 e. The molecule has 1 amide bonds. The first-order valence-electron chi connectivity index (χ1n) is 6.42. The molecule has 6 heteroatoms. The Balaban J connectivity index is 0.00000200. The summed E-state index contributed by atoms with van der Waals surface area (Å²) < 4.78 is 5.29. The molecule has 1 atom stereocenters. The quantitative estimate of drug-likeness (QED) is 0.927. The first-order chi connectivity index (χ1) is 9.11. The summed E-state index contributed by atoms with van der Waals surface area (Å²) >= 11 is 5.99. The fraction of sp³-hybridized carbons (Fsp3) is 0.500. The van der Waals surface area contributed by atoms with E-state index >= 15 is 0 Å².